The molecule has 1 amide bonds. The summed E-state index contributed by atoms with van der Waals surface area (Å²) in [7, 11) is 0. The van der Waals surface area contributed by atoms with E-state index in [1.807, 2.05) is 13.8 Å². The van der Waals surface area contributed by atoms with Gasteiger partial charge in [-0.05, 0) is 50.1 Å². The molecule has 2 heterocycles. The third kappa shape index (κ3) is 4.80. The molecule has 156 valence electrons. The van der Waals surface area contributed by atoms with Crippen LogP contribution >= 0.6 is 23.1 Å². The molecule has 0 aliphatic rings. The zero-order chi connectivity index (χ0) is 21.7. The molecule has 0 aliphatic heterocycles. The van der Waals surface area contributed by atoms with Gasteiger partial charge in [0.1, 0.15) is 17.7 Å². The molecule has 0 aliphatic carbocycles. The number of rotatable bonds is 8. The van der Waals surface area contributed by atoms with E-state index < -0.39 is 0 Å². The van der Waals surface area contributed by atoms with E-state index in [0.29, 0.717) is 21.4 Å². The molecule has 3 aromatic rings. The van der Waals surface area contributed by atoms with Gasteiger partial charge in [-0.1, -0.05) is 30.0 Å². The fraction of sp³-hybridized carbons (Fsp3) is 0.300. The van der Waals surface area contributed by atoms with Crippen LogP contribution in [0, 0.1) is 31.0 Å². The second-order valence-electron chi connectivity index (χ2n) is 6.49. The highest BCUT2D eigenvalue weighted by Gasteiger charge is 2.21. The molecule has 2 N–H and O–H groups in total. The van der Waals surface area contributed by atoms with Gasteiger partial charge in [0.15, 0.2) is 4.34 Å². The summed E-state index contributed by atoms with van der Waals surface area (Å²) in [6.45, 7) is 6.56. The second-order valence-corrected chi connectivity index (χ2v) is 8.69. The maximum Gasteiger partial charge on any atom is 0.235 e. The van der Waals surface area contributed by atoms with Crippen LogP contribution in [0.4, 0.5) is 15.3 Å². The van der Waals surface area contributed by atoms with Crippen LogP contribution in [0.15, 0.2) is 28.6 Å². The highest BCUT2D eigenvalue weighted by molar-refractivity contribution is 8.01. The number of carbonyl (C=O) groups is 1. The van der Waals surface area contributed by atoms with Crippen molar-refractivity contribution >= 4 is 40.0 Å². The van der Waals surface area contributed by atoms with Crippen LogP contribution in [0.2, 0.25) is 0 Å². The number of thioether (sulfide) groups is 1. The lowest BCUT2D eigenvalue weighted by Crippen LogP contribution is -2.17. The minimum Gasteiger partial charge on any atom is -0.360 e. The quantitative estimate of drug-likeness (QED) is 0.497. The van der Waals surface area contributed by atoms with E-state index in [1.165, 1.54) is 35.2 Å². The van der Waals surface area contributed by atoms with Crippen molar-refractivity contribution in [2.45, 2.75) is 31.5 Å². The fourth-order valence-corrected chi connectivity index (χ4v) is 4.42. The zero-order valence-electron chi connectivity index (χ0n) is 16.8. The van der Waals surface area contributed by atoms with Gasteiger partial charge in [-0.3, -0.25) is 9.36 Å². The molecule has 0 atom stereocenters. The molecule has 0 saturated heterocycles. The van der Waals surface area contributed by atoms with Crippen molar-refractivity contribution in [2.75, 3.05) is 22.9 Å². The predicted molar refractivity (Wildman–Crippen MR) is 118 cm³/mol. The standard InChI is InChI=1S/C20H21FN6OS2/c1-4-9-23-19-25-26-20(30-19)29-11-17(28)24-18-16(10-22)12(2)13(3)27(18)15-7-5-14(21)6-8-15/h5-8H,4,9,11H2,1-3H3,(H,23,25)(H,24,28). The first-order chi connectivity index (χ1) is 14.4. The third-order valence-electron chi connectivity index (χ3n) is 4.43. The number of nitriles is 1. The van der Waals surface area contributed by atoms with Crippen molar-refractivity contribution < 1.29 is 9.18 Å². The lowest BCUT2D eigenvalue weighted by molar-refractivity contribution is -0.113. The van der Waals surface area contributed by atoms with E-state index in [1.54, 1.807) is 16.7 Å². The highest BCUT2D eigenvalue weighted by Crippen LogP contribution is 2.31. The summed E-state index contributed by atoms with van der Waals surface area (Å²) in [6.07, 6.45) is 0.984. The molecule has 0 unspecified atom stereocenters. The number of hydrogen-bond acceptors (Lipinski definition) is 7. The molecule has 0 fully saturated rings. The summed E-state index contributed by atoms with van der Waals surface area (Å²) >= 11 is 2.67. The lowest BCUT2D eigenvalue weighted by atomic mass is 10.2. The Morgan fingerprint density at radius 1 is 1.30 bits per heavy atom. The zero-order valence-corrected chi connectivity index (χ0v) is 18.5. The summed E-state index contributed by atoms with van der Waals surface area (Å²) in [4.78, 5) is 12.6. The number of benzene rings is 1. The Kier molecular flexibility index (Phi) is 7.07. The molecule has 7 nitrogen and oxygen atoms in total. The smallest absolute Gasteiger partial charge is 0.235 e. The van der Waals surface area contributed by atoms with Gasteiger partial charge >= 0.3 is 0 Å². The molecule has 0 radical (unpaired) electrons. The van der Waals surface area contributed by atoms with E-state index in [9.17, 15) is 14.4 Å². The maximum absolute atomic E-state index is 13.3. The molecular weight excluding hydrogens is 423 g/mol. The molecular formula is C20H21FN6OS2. The largest absolute Gasteiger partial charge is 0.360 e. The normalized spacial score (nSPS) is 10.6. The van der Waals surface area contributed by atoms with E-state index in [2.05, 4.69) is 33.8 Å². The lowest BCUT2D eigenvalue weighted by Gasteiger charge is -2.13. The van der Waals surface area contributed by atoms with Gasteiger partial charge in [-0.25, -0.2) is 4.39 Å². The van der Waals surface area contributed by atoms with Crippen LogP contribution in [0.1, 0.15) is 30.2 Å². The number of nitrogens with one attached hydrogen (secondary N) is 2. The van der Waals surface area contributed by atoms with Crippen LogP contribution in [0.5, 0.6) is 0 Å². The Balaban J connectivity index is 1.77. The number of carbonyl (C=O) groups excluding carboxylic acids is 1. The van der Waals surface area contributed by atoms with Gasteiger partial charge < -0.3 is 10.6 Å². The van der Waals surface area contributed by atoms with Gasteiger partial charge in [0.25, 0.3) is 0 Å². The van der Waals surface area contributed by atoms with Gasteiger partial charge in [0, 0.05) is 17.9 Å². The van der Waals surface area contributed by atoms with Crippen molar-refractivity contribution in [1.29, 1.82) is 5.26 Å². The average Bonchev–Trinajstić information content (AvgIpc) is 3.28. The van der Waals surface area contributed by atoms with E-state index in [0.717, 1.165) is 29.4 Å². The minimum absolute atomic E-state index is 0.125. The summed E-state index contributed by atoms with van der Waals surface area (Å²) in [6, 6.07) is 8.07. The molecule has 2 aromatic heterocycles. The summed E-state index contributed by atoms with van der Waals surface area (Å²) in [5, 5.41) is 24.5. The van der Waals surface area contributed by atoms with Crippen molar-refractivity contribution in [3.05, 3.63) is 46.9 Å². The van der Waals surface area contributed by atoms with Crippen LogP contribution in [0.25, 0.3) is 5.69 Å². The van der Waals surface area contributed by atoms with Crippen LogP contribution in [0.3, 0.4) is 0 Å². The molecule has 30 heavy (non-hydrogen) atoms. The average molecular weight is 445 g/mol. The molecule has 1 aromatic carbocycles. The van der Waals surface area contributed by atoms with Crippen LogP contribution < -0.4 is 10.6 Å². The Hall–Kier alpha value is -2.90. The molecule has 3 rings (SSSR count). The number of anilines is 2. The summed E-state index contributed by atoms with van der Waals surface area (Å²) in [5.41, 5.74) is 2.62. The van der Waals surface area contributed by atoms with E-state index in [-0.39, 0.29) is 17.5 Å². The molecule has 0 bridgehead atoms. The number of nitrogens with zero attached hydrogens (tertiary/aromatic N) is 4. The van der Waals surface area contributed by atoms with Crippen molar-refractivity contribution in [3.8, 4) is 11.8 Å². The summed E-state index contributed by atoms with van der Waals surface area (Å²) < 4.78 is 15.8. The Morgan fingerprint density at radius 3 is 2.70 bits per heavy atom. The molecule has 0 spiro atoms. The number of amides is 1. The Morgan fingerprint density at radius 2 is 2.03 bits per heavy atom. The predicted octanol–water partition coefficient (Wildman–Crippen LogP) is 4.51. The topological polar surface area (TPSA) is 95.6 Å². The third-order valence-corrected chi connectivity index (χ3v) is 6.44. The van der Waals surface area contributed by atoms with Gasteiger partial charge in [0.2, 0.25) is 11.0 Å². The number of hydrogen-bond donors (Lipinski definition) is 2. The first-order valence-corrected chi connectivity index (χ1v) is 11.1. The first-order valence-electron chi connectivity index (χ1n) is 9.32. The number of halogens is 1. The van der Waals surface area contributed by atoms with E-state index >= 15 is 0 Å². The summed E-state index contributed by atoms with van der Waals surface area (Å²) in [5.74, 6) is -0.115. The van der Waals surface area contributed by atoms with Gasteiger partial charge in [0.05, 0.1) is 11.3 Å². The molecule has 0 saturated carbocycles. The van der Waals surface area contributed by atoms with Crippen LogP contribution in [-0.4, -0.2) is 33.0 Å². The maximum atomic E-state index is 13.3. The monoisotopic (exact) mass is 444 g/mol. The minimum atomic E-state index is -0.354. The van der Waals surface area contributed by atoms with Gasteiger partial charge in [-0.2, -0.15) is 5.26 Å². The highest BCUT2D eigenvalue weighted by atomic mass is 32.2. The Bertz CT molecular complexity index is 1080. The van der Waals surface area contributed by atoms with Crippen molar-refractivity contribution in [2.24, 2.45) is 0 Å². The van der Waals surface area contributed by atoms with Crippen molar-refractivity contribution in [3.63, 3.8) is 0 Å². The molecule has 10 heteroatoms. The van der Waals surface area contributed by atoms with Crippen LogP contribution in [-0.2, 0) is 4.79 Å². The SMILES string of the molecule is CCCNc1nnc(SCC(=O)Nc2c(C#N)c(C)c(C)n2-c2ccc(F)cc2)s1. The number of aromatic nitrogens is 3. The first kappa shape index (κ1) is 21.8. The van der Waals surface area contributed by atoms with Gasteiger partial charge in [-0.15, -0.1) is 10.2 Å². The second kappa shape index (κ2) is 9.73. The van der Waals surface area contributed by atoms with Crippen molar-refractivity contribution in [1.82, 2.24) is 14.8 Å². The fourth-order valence-electron chi connectivity index (χ4n) is 2.84. The Labute approximate surface area is 182 Å². The van der Waals surface area contributed by atoms with E-state index in [4.69, 9.17) is 0 Å².